The van der Waals surface area contributed by atoms with Gasteiger partial charge in [-0.15, -0.1) is 0 Å². The molecule has 0 bridgehead atoms. The van der Waals surface area contributed by atoms with Gasteiger partial charge in [-0.25, -0.2) is 4.39 Å². The average Bonchev–Trinajstić information content (AvgIpc) is 2.80. The molecule has 10 heteroatoms. The average molecular weight is 441 g/mol. The van der Waals surface area contributed by atoms with Crippen LogP contribution >= 0.6 is 0 Å². The second kappa shape index (κ2) is 9.17. The molecule has 0 aromatic heterocycles. The van der Waals surface area contributed by atoms with Crippen LogP contribution in [0.1, 0.15) is 12.8 Å². The molecular formula is C20H29FN4O4S. The molecule has 3 aliphatic heterocycles. The number of carbonyl (C=O) groups is 1. The van der Waals surface area contributed by atoms with Gasteiger partial charge in [0.2, 0.25) is 5.91 Å². The number of rotatable bonds is 4. The Morgan fingerprint density at radius 2 is 1.67 bits per heavy atom. The van der Waals surface area contributed by atoms with E-state index in [1.807, 2.05) is 11.0 Å². The second-order valence-corrected chi connectivity index (χ2v) is 9.91. The van der Waals surface area contributed by atoms with Gasteiger partial charge in [0.25, 0.3) is 10.2 Å². The summed E-state index contributed by atoms with van der Waals surface area (Å²) in [5, 5.41) is 0. The molecule has 0 saturated carbocycles. The van der Waals surface area contributed by atoms with Crippen molar-refractivity contribution in [2.45, 2.75) is 12.8 Å². The summed E-state index contributed by atoms with van der Waals surface area (Å²) in [5.41, 5.74) is 0.560. The van der Waals surface area contributed by atoms with Crippen molar-refractivity contribution < 1.29 is 22.3 Å². The first-order valence-electron chi connectivity index (χ1n) is 10.6. The number of para-hydroxylation sites is 1. The molecule has 3 saturated heterocycles. The maximum absolute atomic E-state index is 14.0. The summed E-state index contributed by atoms with van der Waals surface area (Å²) >= 11 is 0. The number of nitrogens with zero attached hydrogens (tertiary/aromatic N) is 4. The molecule has 1 atom stereocenters. The lowest BCUT2D eigenvalue weighted by Crippen LogP contribution is -2.55. The minimum Gasteiger partial charge on any atom is -0.379 e. The van der Waals surface area contributed by atoms with Gasteiger partial charge in [-0.1, -0.05) is 12.1 Å². The molecule has 4 rings (SSSR count). The van der Waals surface area contributed by atoms with Crippen LogP contribution in [0, 0.1) is 11.7 Å². The molecule has 0 radical (unpaired) electrons. The van der Waals surface area contributed by atoms with Crippen LogP contribution in [0.4, 0.5) is 10.1 Å². The van der Waals surface area contributed by atoms with E-state index in [4.69, 9.17) is 4.74 Å². The Kier molecular flexibility index (Phi) is 6.57. The molecule has 3 fully saturated rings. The van der Waals surface area contributed by atoms with Crippen molar-refractivity contribution >= 4 is 21.8 Å². The summed E-state index contributed by atoms with van der Waals surface area (Å²) in [6, 6.07) is 6.67. The highest BCUT2D eigenvalue weighted by Gasteiger charge is 2.38. The number of piperazine rings is 1. The summed E-state index contributed by atoms with van der Waals surface area (Å²) in [6.07, 6.45) is 1.37. The van der Waals surface area contributed by atoms with Crippen molar-refractivity contribution in [3.05, 3.63) is 30.1 Å². The number of amides is 1. The lowest BCUT2D eigenvalue weighted by molar-refractivity contribution is -0.137. The third kappa shape index (κ3) is 4.46. The summed E-state index contributed by atoms with van der Waals surface area (Å²) in [7, 11) is -3.57. The lowest BCUT2D eigenvalue weighted by Gasteiger charge is -2.40. The Bertz CT molecular complexity index is 854. The fourth-order valence-corrected chi connectivity index (χ4v) is 6.09. The van der Waals surface area contributed by atoms with Gasteiger partial charge in [-0.05, 0) is 25.0 Å². The highest BCUT2D eigenvalue weighted by Crippen LogP contribution is 2.25. The molecule has 8 nitrogen and oxygen atoms in total. The Morgan fingerprint density at radius 3 is 2.37 bits per heavy atom. The first kappa shape index (κ1) is 21.5. The van der Waals surface area contributed by atoms with Gasteiger partial charge in [0.15, 0.2) is 0 Å². The number of halogens is 1. The van der Waals surface area contributed by atoms with Crippen molar-refractivity contribution in [1.29, 1.82) is 0 Å². The third-order valence-corrected chi connectivity index (χ3v) is 8.14. The summed E-state index contributed by atoms with van der Waals surface area (Å²) < 4.78 is 48.1. The highest BCUT2D eigenvalue weighted by atomic mass is 32.2. The first-order valence-corrected chi connectivity index (χ1v) is 12.0. The number of hydrogen-bond acceptors (Lipinski definition) is 5. The van der Waals surface area contributed by atoms with Gasteiger partial charge in [0.05, 0.1) is 24.8 Å². The largest absolute Gasteiger partial charge is 0.379 e. The van der Waals surface area contributed by atoms with E-state index in [1.165, 1.54) is 14.7 Å². The maximum atomic E-state index is 14.0. The first-order chi connectivity index (χ1) is 14.5. The number of carbonyl (C=O) groups excluding carboxylic acids is 1. The number of piperidine rings is 1. The standard InChI is InChI=1S/C20H29FN4O4S/c21-18-5-1-2-6-19(18)22-8-10-23(11-9-22)20(26)17-4-3-7-25(16-17)30(27,28)24-12-14-29-15-13-24/h1-2,5-6,17H,3-4,7-16H2/t17-/m1/s1. The predicted molar refractivity (Wildman–Crippen MR) is 111 cm³/mol. The fourth-order valence-electron chi connectivity index (χ4n) is 4.43. The fraction of sp³-hybridized carbons (Fsp3) is 0.650. The summed E-state index contributed by atoms with van der Waals surface area (Å²) in [5.74, 6) is -0.576. The summed E-state index contributed by atoms with van der Waals surface area (Å²) in [6.45, 7) is 4.36. The van der Waals surface area contributed by atoms with Crippen molar-refractivity contribution in [2.75, 3.05) is 70.5 Å². The normalized spacial score (nSPS) is 24.8. The molecule has 0 unspecified atom stereocenters. The molecule has 3 aliphatic rings. The second-order valence-electron chi connectivity index (χ2n) is 7.98. The van der Waals surface area contributed by atoms with Gasteiger partial charge >= 0.3 is 0 Å². The van der Waals surface area contributed by atoms with Crippen LogP contribution in [0.15, 0.2) is 24.3 Å². The van der Waals surface area contributed by atoms with Crippen LogP contribution in [0.5, 0.6) is 0 Å². The van der Waals surface area contributed by atoms with Gasteiger partial charge in [0.1, 0.15) is 5.82 Å². The Balaban J connectivity index is 1.35. The molecule has 0 spiro atoms. The molecule has 0 N–H and O–H groups in total. The zero-order chi connectivity index (χ0) is 21.1. The SMILES string of the molecule is O=C([C@@H]1CCCN(S(=O)(=O)N2CCOCC2)C1)N1CCN(c2ccccc2F)CC1. The Hall–Kier alpha value is -1.75. The van der Waals surface area contributed by atoms with E-state index in [-0.39, 0.29) is 24.2 Å². The monoisotopic (exact) mass is 440 g/mol. The topological polar surface area (TPSA) is 73.4 Å². The van der Waals surface area contributed by atoms with Crippen LogP contribution in [0.25, 0.3) is 0 Å². The highest BCUT2D eigenvalue weighted by molar-refractivity contribution is 7.86. The van der Waals surface area contributed by atoms with E-state index in [1.54, 1.807) is 17.0 Å². The number of morpholine rings is 1. The van der Waals surface area contributed by atoms with Crippen LogP contribution in [0.2, 0.25) is 0 Å². The molecule has 30 heavy (non-hydrogen) atoms. The molecule has 1 aromatic rings. The van der Waals surface area contributed by atoms with Crippen LogP contribution < -0.4 is 4.90 Å². The Morgan fingerprint density at radius 1 is 0.967 bits per heavy atom. The van der Waals surface area contributed by atoms with Gasteiger partial charge < -0.3 is 14.5 Å². The molecule has 166 valence electrons. The molecule has 1 aromatic carbocycles. The number of anilines is 1. The maximum Gasteiger partial charge on any atom is 0.282 e. The Labute approximate surface area is 177 Å². The van der Waals surface area contributed by atoms with Gasteiger partial charge in [-0.3, -0.25) is 4.79 Å². The van der Waals surface area contributed by atoms with E-state index in [2.05, 4.69) is 0 Å². The molecular weight excluding hydrogens is 411 g/mol. The van der Waals surface area contributed by atoms with E-state index in [9.17, 15) is 17.6 Å². The van der Waals surface area contributed by atoms with Gasteiger partial charge in [0, 0.05) is 52.4 Å². The van der Waals surface area contributed by atoms with Gasteiger partial charge in [-0.2, -0.15) is 17.0 Å². The lowest BCUT2D eigenvalue weighted by atomic mass is 9.97. The van der Waals surface area contributed by atoms with Crippen molar-refractivity contribution in [2.24, 2.45) is 5.92 Å². The predicted octanol–water partition coefficient (Wildman–Crippen LogP) is 0.763. The zero-order valence-corrected chi connectivity index (χ0v) is 17.9. The molecule has 3 heterocycles. The van der Waals surface area contributed by atoms with Crippen LogP contribution in [-0.2, 0) is 19.7 Å². The molecule has 0 aliphatic carbocycles. The summed E-state index contributed by atoms with van der Waals surface area (Å²) in [4.78, 5) is 16.8. The van der Waals surface area contributed by atoms with Crippen LogP contribution in [-0.4, -0.2) is 93.4 Å². The van der Waals surface area contributed by atoms with E-state index >= 15 is 0 Å². The van der Waals surface area contributed by atoms with E-state index in [0.29, 0.717) is 77.6 Å². The van der Waals surface area contributed by atoms with E-state index in [0.717, 1.165) is 0 Å². The van der Waals surface area contributed by atoms with Crippen molar-refractivity contribution in [3.63, 3.8) is 0 Å². The van der Waals surface area contributed by atoms with Crippen LogP contribution in [0.3, 0.4) is 0 Å². The molecule has 1 amide bonds. The van der Waals surface area contributed by atoms with Crippen molar-refractivity contribution in [1.82, 2.24) is 13.5 Å². The third-order valence-electron chi connectivity index (χ3n) is 6.14. The number of benzene rings is 1. The van der Waals surface area contributed by atoms with Crippen molar-refractivity contribution in [3.8, 4) is 0 Å². The smallest absolute Gasteiger partial charge is 0.282 e. The number of ether oxygens (including phenoxy) is 1. The number of hydrogen-bond donors (Lipinski definition) is 0. The zero-order valence-electron chi connectivity index (χ0n) is 17.1. The quantitative estimate of drug-likeness (QED) is 0.691. The van der Waals surface area contributed by atoms with E-state index < -0.39 is 10.2 Å². The minimum atomic E-state index is -3.57. The minimum absolute atomic E-state index is 0.00469.